The molecule has 2 N–H and O–H groups in total. The molecule has 1 aromatic carbocycles. The van der Waals surface area contributed by atoms with Crippen molar-refractivity contribution < 1.29 is 9.53 Å². The number of rotatable bonds is 4. The van der Waals surface area contributed by atoms with Gasteiger partial charge in [0.2, 0.25) is 5.88 Å². The topological polar surface area (TPSA) is 81.3 Å². The molecule has 1 fully saturated rings. The van der Waals surface area contributed by atoms with Crippen LogP contribution >= 0.6 is 11.3 Å². The van der Waals surface area contributed by atoms with Crippen molar-refractivity contribution in [1.29, 1.82) is 0 Å². The van der Waals surface area contributed by atoms with E-state index in [-0.39, 0.29) is 18.1 Å². The van der Waals surface area contributed by atoms with E-state index in [0.717, 1.165) is 33.9 Å². The fraction of sp³-hybridized carbons (Fsp3) is 0.348. The Morgan fingerprint density at radius 1 is 1.20 bits per heavy atom. The number of thiazole rings is 1. The monoisotopic (exact) mass is 422 g/mol. The molecule has 1 saturated heterocycles. The lowest BCUT2D eigenvalue weighted by Crippen LogP contribution is -2.49. The third-order valence-electron chi connectivity index (χ3n) is 5.55. The molecule has 1 aliphatic rings. The normalized spacial score (nSPS) is 19.0. The van der Waals surface area contributed by atoms with Gasteiger partial charge in [-0.05, 0) is 45.2 Å². The maximum atomic E-state index is 13.5. The first-order valence-electron chi connectivity index (χ1n) is 10.2. The van der Waals surface area contributed by atoms with Crippen molar-refractivity contribution in [3.8, 4) is 16.3 Å². The first-order chi connectivity index (χ1) is 14.4. The maximum absolute atomic E-state index is 13.5. The van der Waals surface area contributed by atoms with Crippen LogP contribution in [0, 0.1) is 13.8 Å². The lowest BCUT2D eigenvalue weighted by Gasteiger charge is -2.37. The number of aryl methyl sites for hydroxylation is 1. The molecule has 1 aliphatic heterocycles. The highest BCUT2D eigenvalue weighted by molar-refractivity contribution is 7.15. The van der Waals surface area contributed by atoms with Crippen LogP contribution in [0.15, 0.2) is 42.6 Å². The van der Waals surface area contributed by atoms with Gasteiger partial charge in [0.05, 0.1) is 16.4 Å². The number of pyridine rings is 1. The van der Waals surface area contributed by atoms with Crippen LogP contribution in [0.4, 0.5) is 5.69 Å². The van der Waals surface area contributed by atoms with E-state index in [4.69, 9.17) is 10.5 Å². The number of carbonyl (C=O) groups is 1. The second-order valence-corrected chi connectivity index (χ2v) is 8.93. The molecule has 4 rings (SSSR count). The SMILES string of the molecule is Cc1nc(C(=O)N2CC(Oc3nccc(N)c3C)CCC2C)c(-c2ccccc2)s1. The summed E-state index contributed by atoms with van der Waals surface area (Å²) < 4.78 is 6.15. The number of aromatic nitrogens is 2. The van der Waals surface area contributed by atoms with Gasteiger partial charge in [0, 0.05) is 23.5 Å². The third kappa shape index (κ3) is 4.03. The molecule has 2 atom stereocenters. The van der Waals surface area contributed by atoms with Crippen LogP contribution in [0.5, 0.6) is 5.88 Å². The number of piperidine rings is 1. The van der Waals surface area contributed by atoms with E-state index in [1.54, 1.807) is 23.6 Å². The molecular formula is C23H26N4O2S. The number of benzene rings is 1. The molecule has 7 heteroatoms. The number of hydrogen-bond donors (Lipinski definition) is 1. The molecule has 3 aromatic rings. The van der Waals surface area contributed by atoms with Crippen LogP contribution in [0.3, 0.4) is 0 Å². The highest BCUT2D eigenvalue weighted by Gasteiger charge is 2.33. The van der Waals surface area contributed by atoms with Crippen molar-refractivity contribution in [3.63, 3.8) is 0 Å². The number of hydrogen-bond acceptors (Lipinski definition) is 6. The molecule has 156 valence electrons. The molecule has 30 heavy (non-hydrogen) atoms. The molecule has 0 aliphatic carbocycles. The van der Waals surface area contributed by atoms with Crippen LogP contribution in [0.1, 0.15) is 40.8 Å². The molecule has 0 radical (unpaired) electrons. The number of carbonyl (C=O) groups excluding carboxylic acids is 1. The summed E-state index contributed by atoms with van der Waals surface area (Å²) in [7, 11) is 0. The van der Waals surface area contributed by atoms with Crippen molar-refractivity contribution in [3.05, 3.63) is 58.9 Å². The average Bonchev–Trinajstić information content (AvgIpc) is 3.14. The smallest absolute Gasteiger partial charge is 0.274 e. The number of amides is 1. The van der Waals surface area contributed by atoms with Crippen LogP contribution in [-0.2, 0) is 0 Å². The Labute approximate surface area is 180 Å². The lowest BCUT2D eigenvalue weighted by atomic mass is 10.00. The van der Waals surface area contributed by atoms with Crippen molar-refractivity contribution >= 4 is 22.9 Å². The zero-order chi connectivity index (χ0) is 21.3. The summed E-state index contributed by atoms with van der Waals surface area (Å²) in [5, 5.41) is 0.884. The highest BCUT2D eigenvalue weighted by atomic mass is 32.1. The predicted octanol–water partition coefficient (Wildman–Crippen LogP) is 4.48. The number of nitrogens with zero attached hydrogens (tertiary/aromatic N) is 3. The van der Waals surface area contributed by atoms with E-state index in [2.05, 4.69) is 16.9 Å². The number of nitrogen functional groups attached to an aromatic ring is 1. The van der Waals surface area contributed by atoms with E-state index >= 15 is 0 Å². The van der Waals surface area contributed by atoms with Gasteiger partial charge in [-0.2, -0.15) is 0 Å². The zero-order valence-corrected chi connectivity index (χ0v) is 18.3. The predicted molar refractivity (Wildman–Crippen MR) is 120 cm³/mol. The Hall–Kier alpha value is -2.93. The Morgan fingerprint density at radius 3 is 2.73 bits per heavy atom. The van der Waals surface area contributed by atoms with Crippen molar-refractivity contribution in [2.75, 3.05) is 12.3 Å². The third-order valence-corrected chi connectivity index (χ3v) is 6.57. The fourth-order valence-electron chi connectivity index (χ4n) is 3.75. The summed E-state index contributed by atoms with van der Waals surface area (Å²) in [5.74, 6) is 0.493. The summed E-state index contributed by atoms with van der Waals surface area (Å²) in [4.78, 5) is 25.2. The molecule has 0 spiro atoms. The Morgan fingerprint density at radius 2 is 1.97 bits per heavy atom. The first kappa shape index (κ1) is 20.3. The largest absolute Gasteiger partial charge is 0.472 e. The second kappa shape index (κ2) is 8.44. The number of ether oxygens (including phenoxy) is 1. The van der Waals surface area contributed by atoms with Crippen LogP contribution in [0.25, 0.3) is 10.4 Å². The van der Waals surface area contributed by atoms with E-state index in [9.17, 15) is 4.79 Å². The van der Waals surface area contributed by atoms with Crippen molar-refractivity contribution in [2.45, 2.75) is 45.8 Å². The van der Waals surface area contributed by atoms with Gasteiger partial charge in [-0.3, -0.25) is 4.79 Å². The summed E-state index contributed by atoms with van der Waals surface area (Å²) >= 11 is 1.55. The molecule has 0 saturated carbocycles. The van der Waals surface area contributed by atoms with E-state index in [1.807, 2.05) is 49.1 Å². The van der Waals surface area contributed by atoms with Crippen LogP contribution < -0.4 is 10.5 Å². The van der Waals surface area contributed by atoms with E-state index in [0.29, 0.717) is 23.8 Å². The van der Waals surface area contributed by atoms with Crippen LogP contribution in [0.2, 0.25) is 0 Å². The lowest BCUT2D eigenvalue weighted by molar-refractivity contribution is 0.0367. The Kier molecular flexibility index (Phi) is 5.72. The highest BCUT2D eigenvalue weighted by Crippen LogP contribution is 2.33. The van der Waals surface area contributed by atoms with Gasteiger partial charge >= 0.3 is 0 Å². The second-order valence-electron chi connectivity index (χ2n) is 7.73. The molecule has 1 amide bonds. The standard InChI is InChI=1S/C23H26N4O2S/c1-14-9-10-18(29-22-15(2)19(24)11-12-25-22)13-27(14)23(28)20-21(30-16(3)26-20)17-7-5-4-6-8-17/h4-8,11-12,14,18H,9-10,13H2,1-3H3,(H2,24,25). The van der Waals surface area contributed by atoms with Crippen LogP contribution in [-0.4, -0.2) is 39.5 Å². The molecule has 2 aromatic heterocycles. The number of nitrogens with two attached hydrogens (primary N) is 1. The number of anilines is 1. The van der Waals surface area contributed by atoms with Gasteiger partial charge in [0.25, 0.3) is 5.91 Å². The Bertz CT molecular complexity index is 1050. The maximum Gasteiger partial charge on any atom is 0.274 e. The summed E-state index contributed by atoms with van der Waals surface area (Å²) in [6, 6.07) is 11.8. The van der Waals surface area contributed by atoms with Gasteiger partial charge in [-0.15, -0.1) is 11.3 Å². The quantitative estimate of drug-likeness (QED) is 0.671. The Balaban J connectivity index is 1.57. The average molecular weight is 423 g/mol. The minimum Gasteiger partial charge on any atom is -0.472 e. The fourth-order valence-corrected chi connectivity index (χ4v) is 4.67. The molecule has 0 bridgehead atoms. The minimum absolute atomic E-state index is 0.0451. The molecule has 3 heterocycles. The van der Waals surface area contributed by atoms with E-state index in [1.165, 1.54) is 0 Å². The van der Waals surface area contributed by atoms with Crippen molar-refractivity contribution in [2.24, 2.45) is 0 Å². The molecule has 2 unspecified atom stereocenters. The van der Waals surface area contributed by atoms with Gasteiger partial charge in [0.15, 0.2) is 0 Å². The van der Waals surface area contributed by atoms with Gasteiger partial charge in [-0.1, -0.05) is 30.3 Å². The van der Waals surface area contributed by atoms with Gasteiger partial charge < -0.3 is 15.4 Å². The number of likely N-dealkylation sites (tertiary alicyclic amines) is 1. The minimum atomic E-state index is -0.127. The van der Waals surface area contributed by atoms with Gasteiger partial charge in [0.1, 0.15) is 11.8 Å². The molecule has 6 nitrogen and oxygen atoms in total. The zero-order valence-electron chi connectivity index (χ0n) is 17.5. The molecular weight excluding hydrogens is 396 g/mol. The summed E-state index contributed by atoms with van der Waals surface area (Å²) in [6.07, 6.45) is 3.25. The summed E-state index contributed by atoms with van der Waals surface area (Å²) in [6.45, 7) is 6.42. The first-order valence-corrected chi connectivity index (χ1v) is 11.0. The van der Waals surface area contributed by atoms with Crippen molar-refractivity contribution in [1.82, 2.24) is 14.9 Å². The van der Waals surface area contributed by atoms with E-state index < -0.39 is 0 Å². The van der Waals surface area contributed by atoms with Gasteiger partial charge in [-0.25, -0.2) is 9.97 Å². The summed E-state index contributed by atoms with van der Waals surface area (Å²) in [5.41, 5.74) is 9.01.